The number of ether oxygens (including phenoxy) is 1. The average molecular weight is 448 g/mol. The fourth-order valence-corrected chi connectivity index (χ4v) is 4.98. The van der Waals surface area contributed by atoms with E-state index in [0.29, 0.717) is 45.6 Å². The van der Waals surface area contributed by atoms with Crippen molar-refractivity contribution in [1.82, 2.24) is 15.5 Å². The second kappa shape index (κ2) is 10.1. The molecule has 0 aromatic heterocycles. The molecule has 3 heterocycles. The molecule has 1 spiro atoms. The van der Waals surface area contributed by atoms with Crippen LogP contribution in [-0.4, -0.2) is 55.6 Å². The topological polar surface area (TPSA) is 70.7 Å². The van der Waals surface area contributed by atoms with E-state index in [1.807, 2.05) is 4.90 Å². The number of piperidine rings is 1. The van der Waals surface area contributed by atoms with Crippen LogP contribution < -0.4 is 10.6 Å². The molecule has 2 fully saturated rings. The van der Waals surface area contributed by atoms with Gasteiger partial charge in [0.1, 0.15) is 11.6 Å². The number of allylic oxidation sites excluding steroid dienone is 2. The van der Waals surface area contributed by atoms with Gasteiger partial charge in [-0.25, -0.2) is 8.78 Å². The van der Waals surface area contributed by atoms with Gasteiger partial charge in [-0.15, -0.1) is 0 Å². The van der Waals surface area contributed by atoms with Gasteiger partial charge in [-0.05, 0) is 57.3 Å². The Morgan fingerprint density at radius 2 is 1.88 bits per heavy atom. The quantitative estimate of drug-likeness (QED) is 0.684. The number of fused-ring (bicyclic) bond motifs is 1. The van der Waals surface area contributed by atoms with Crippen LogP contribution in [0.2, 0.25) is 0 Å². The Bertz CT molecular complexity index is 848. The first-order chi connectivity index (χ1) is 15.5. The highest BCUT2D eigenvalue weighted by Gasteiger charge is 2.41. The zero-order valence-electron chi connectivity index (χ0n) is 18.2. The Kier molecular flexibility index (Phi) is 7.20. The molecule has 2 atom stereocenters. The summed E-state index contributed by atoms with van der Waals surface area (Å²) in [5.74, 6) is -1.17. The largest absolute Gasteiger partial charge is 0.381 e. The van der Waals surface area contributed by atoms with Crippen LogP contribution in [0, 0.1) is 23.0 Å². The molecule has 1 aromatic carbocycles. The third kappa shape index (κ3) is 5.18. The second-order valence-electron chi connectivity index (χ2n) is 9.15. The number of nitrogens with zero attached hydrogens (tertiary/aromatic N) is 1. The lowest BCUT2D eigenvalue weighted by Gasteiger charge is -2.40. The summed E-state index contributed by atoms with van der Waals surface area (Å²) in [5.41, 5.74) is -0.560. The van der Waals surface area contributed by atoms with Gasteiger partial charge in [0.2, 0.25) is 11.8 Å². The Hall–Kier alpha value is -2.32. The molecule has 8 heteroatoms. The summed E-state index contributed by atoms with van der Waals surface area (Å²) in [7, 11) is 0. The van der Waals surface area contributed by atoms with Crippen LogP contribution in [0.3, 0.4) is 0 Å². The smallest absolute Gasteiger partial charge is 0.239 e. The van der Waals surface area contributed by atoms with E-state index < -0.39 is 17.0 Å². The predicted octanol–water partition coefficient (Wildman–Crippen LogP) is 2.53. The van der Waals surface area contributed by atoms with Crippen molar-refractivity contribution in [3.63, 3.8) is 0 Å². The SMILES string of the molecule is O=C1CNC(=O)C2(C/C=C/C[C@H]3COCC[C@@H]3N1)CCN(Cc1c(F)cccc1F)CC2. The zero-order chi connectivity index (χ0) is 22.6. The van der Waals surface area contributed by atoms with Gasteiger partial charge >= 0.3 is 0 Å². The number of carbonyl (C=O) groups is 2. The molecule has 4 rings (SSSR count). The Balaban J connectivity index is 1.43. The van der Waals surface area contributed by atoms with Crippen LogP contribution >= 0.6 is 0 Å². The molecule has 0 unspecified atom stereocenters. The molecule has 2 saturated heterocycles. The maximum Gasteiger partial charge on any atom is 0.239 e. The molecule has 6 nitrogen and oxygen atoms in total. The summed E-state index contributed by atoms with van der Waals surface area (Å²) in [5, 5.41) is 5.88. The molecule has 0 radical (unpaired) electrons. The van der Waals surface area contributed by atoms with Crippen molar-refractivity contribution in [3.8, 4) is 0 Å². The number of hydrogen-bond acceptors (Lipinski definition) is 4. The van der Waals surface area contributed by atoms with Crippen LogP contribution in [0.5, 0.6) is 0 Å². The number of likely N-dealkylation sites (tertiary alicyclic amines) is 1. The first kappa shape index (κ1) is 22.9. The average Bonchev–Trinajstić information content (AvgIpc) is 2.79. The number of carbonyl (C=O) groups excluding carboxylic acids is 2. The van der Waals surface area contributed by atoms with E-state index in [1.54, 1.807) is 0 Å². The summed E-state index contributed by atoms with van der Waals surface area (Å²) in [4.78, 5) is 27.5. The minimum atomic E-state index is -0.622. The Morgan fingerprint density at radius 1 is 1.12 bits per heavy atom. The van der Waals surface area contributed by atoms with Crippen molar-refractivity contribution in [3.05, 3.63) is 47.5 Å². The lowest BCUT2D eigenvalue weighted by Crippen LogP contribution is -2.52. The lowest BCUT2D eigenvalue weighted by molar-refractivity contribution is -0.136. The van der Waals surface area contributed by atoms with E-state index >= 15 is 0 Å². The highest BCUT2D eigenvalue weighted by atomic mass is 19.1. The summed E-state index contributed by atoms with van der Waals surface area (Å²) in [6.07, 6.45) is 7.45. The fourth-order valence-electron chi connectivity index (χ4n) is 4.98. The minimum Gasteiger partial charge on any atom is -0.381 e. The van der Waals surface area contributed by atoms with Crippen molar-refractivity contribution < 1.29 is 23.1 Å². The van der Waals surface area contributed by atoms with E-state index in [0.717, 1.165) is 12.8 Å². The Morgan fingerprint density at radius 3 is 2.62 bits per heavy atom. The van der Waals surface area contributed by atoms with Crippen LogP contribution in [0.15, 0.2) is 30.4 Å². The second-order valence-corrected chi connectivity index (χ2v) is 9.15. The van der Waals surface area contributed by atoms with Gasteiger partial charge in [-0.3, -0.25) is 14.5 Å². The maximum atomic E-state index is 14.0. The molecule has 2 N–H and O–H groups in total. The number of rotatable bonds is 2. The summed E-state index contributed by atoms with van der Waals surface area (Å²) in [6, 6.07) is 3.95. The summed E-state index contributed by atoms with van der Waals surface area (Å²) in [6.45, 7) is 2.50. The molecule has 174 valence electrons. The van der Waals surface area contributed by atoms with Gasteiger partial charge in [-0.2, -0.15) is 0 Å². The first-order valence-electron chi connectivity index (χ1n) is 11.4. The molecule has 2 amide bonds. The highest BCUT2D eigenvalue weighted by molar-refractivity contribution is 5.88. The number of benzene rings is 1. The number of amides is 2. The minimum absolute atomic E-state index is 0.0431. The highest BCUT2D eigenvalue weighted by Crippen LogP contribution is 2.37. The van der Waals surface area contributed by atoms with Gasteiger partial charge in [0.25, 0.3) is 0 Å². The molecule has 0 bridgehead atoms. The van der Waals surface area contributed by atoms with Gasteiger partial charge in [-0.1, -0.05) is 18.2 Å². The number of hydrogen-bond donors (Lipinski definition) is 2. The van der Waals surface area contributed by atoms with Crippen molar-refractivity contribution >= 4 is 11.8 Å². The van der Waals surface area contributed by atoms with Crippen molar-refractivity contribution in [2.45, 2.75) is 44.7 Å². The van der Waals surface area contributed by atoms with Crippen LogP contribution in [0.1, 0.15) is 37.7 Å². The van der Waals surface area contributed by atoms with Crippen LogP contribution in [0.25, 0.3) is 0 Å². The van der Waals surface area contributed by atoms with Gasteiger partial charge in [0, 0.05) is 30.7 Å². The van der Waals surface area contributed by atoms with Gasteiger partial charge in [0.15, 0.2) is 0 Å². The van der Waals surface area contributed by atoms with E-state index in [-0.39, 0.29) is 42.4 Å². The summed E-state index contributed by atoms with van der Waals surface area (Å²) < 4.78 is 33.7. The molecule has 0 aliphatic carbocycles. The summed E-state index contributed by atoms with van der Waals surface area (Å²) >= 11 is 0. The van der Waals surface area contributed by atoms with E-state index in [9.17, 15) is 18.4 Å². The number of nitrogens with one attached hydrogen (secondary N) is 2. The van der Waals surface area contributed by atoms with Gasteiger partial charge in [0.05, 0.1) is 18.6 Å². The maximum absolute atomic E-state index is 14.0. The lowest BCUT2D eigenvalue weighted by atomic mass is 9.74. The molecular weight excluding hydrogens is 416 g/mol. The van der Waals surface area contributed by atoms with E-state index in [2.05, 4.69) is 22.8 Å². The third-order valence-electron chi connectivity index (χ3n) is 7.08. The van der Waals surface area contributed by atoms with Crippen LogP contribution in [-0.2, 0) is 20.9 Å². The van der Waals surface area contributed by atoms with Crippen molar-refractivity contribution in [1.29, 1.82) is 0 Å². The Labute approximate surface area is 187 Å². The third-order valence-corrected chi connectivity index (χ3v) is 7.08. The molecule has 0 saturated carbocycles. The van der Waals surface area contributed by atoms with Gasteiger partial charge < -0.3 is 15.4 Å². The normalized spacial score (nSPS) is 28.1. The standard InChI is InChI=1S/C24H31F2N3O3/c25-19-5-3-6-20(26)18(19)15-29-11-9-24(10-12-29)8-2-1-4-17-16-32-13-7-21(17)28-22(30)14-27-23(24)31/h1-3,5-6,17,21H,4,7-16H2,(H,27,31)(H,28,30)/b2-1+/t17-,21-/m0/s1. The van der Waals surface area contributed by atoms with Crippen molar-refractivity contribution in [2.75, 3.05) is 32.8 Å². The van der Waals surface area contributed by atoms with Crippen molar-refractivity contribution in [2.24, 2.45) is 11.3 Å². The first-order valence-corrected chi connectivity index (χ1v) is 11.4. The van der Waals surface area contributed by atoms with E-state index in [1.165, 1.54) is 18.2 Å². The molecular formula is C24H31F2N3O3. The fraction of sp³-hybridized carbons (Fsp3) is 0.583. The van der Waals surface area contributed by atoms with E-state index in [4.69, 9.17) is 4.74 Å². The number of halogens is 2. The zero-order valence-corrected chi connectivity index (χ0v) is 18.2. The molecule has 3 aliphatic heterocycles. The molecule has 32 heavy (non-hydrogen) atoms. The monoisotopic (exact) mass is 447 g/mol. The molecule has 1 aromatic rings. The molecule has 3 aliphatic rings. The van der Waals surface area contributed by atoms with Crippen LogP contribution in [0.4, 0.5) is 8.78 Å². The predicted molar refractivity (Wildman–Crippen MR) is 116 cm³/mol.